The van der Waals surface area contributed by atoms with Crippen LogP contribution in [0.25, 0.3) is 0 Å². The predicted octanol–water partition coefficient (Wildman–Crippen LogP) is 6.01. The largest absolute Gasteiger partial charge is 0.351 e. The van der Waals surface area contributed by atoms with Gasteiger partial charge in [-0.05, 0) is 39.0 Å². The van der Waals surface area contributed by atoms with Crippen molar-refractivity contribution in [3.63, 3.8) is 0 Å². The number of likely N-dealkylation sites (N-methyl/N-ethyl adjacent to an activating group) is 1. The Bertz CT molecular complexity index is 475. The van der Waals surface area contributed by atoms with Crippen LogP contribution in [0.2, 0.25) is 0 Å². The van der Waals surface area contributed by atoms with Crippen LogP contribution in [0.5, 0.6) is 0 Å². The van der Waals surface area contributed by atoms with E-state index in [-0.39, 0.29) is 5.91 Å². The number of carbonyl (C=O) groups is 1. The maximum absolute atomic E-state index is 11.2. The minimum absolute atomic E-state index is 0.0629. The smallest absolute Gasteiger partial charge is 0.217 e. The van der Waals surface area contributed by atoms with Gasteiger partial charge in [0.1, 0.15) is 12.7 Å². The summed E-state index contributed by atoms with van der Waals surface area (Å²) < 4.78 is 0.946. The second-order valence-electron chi connectivity index (χ2n) is 8.64. The summed E-state index contributed by atoms with van der Waals surface area (Å²) in [5.41, 5.74) is 0. The molecule has 0 radical (unpaired) electrons. The minimum atomic E-state index is 0.0629. The number of allylic oxidation sites excluding steroid dienone is 2. The fourth-order valence-corrected chi connectivity index (χ4v) is 4.28. The number of unbranched alkanes of at least 4 members (excludes halogenated alkanes) is 10. The molecule has 0 saturated carbocycles. The van der Waals surface area contributed by atoms with Crippen LogP contribution in [0, 0.1) is 0 Å². The van der Waals surface area contributed by atoms with Crippen molar-refractivity contribution in [2.24, 2.45) is 0 Å². The number of amides is 1. The Hall–Kier alpha value is -1.29. The van der Waals surface area contributed by atoms with E-state index in [1.54, 1.807) is 6.92 Å². The van der Waals surface area contributed by atoms with Gasteiger partial charge in [0.2, 0.25) is 5.91 Å². The lowest BCUT2D eigenvalue weighted by Crippen LogP contribution is -2.55. The fourth-order valence-electron chi connectivity index (χ4n) is 4.28. The van der Waals surface area contributed by atoms with Gasteiger partial charge in [0.15, 0.2) is 6.17 Å². The van der Waals surface area contributed by atoms with E-state index in [2.05, 4.69) is 49.0 Å². The molecule has 1 rings (SSSR count). The van der Waals surface area contributed by atoms with Gasteiger partial charge >= 0.3 is 0 Å². The summed E-state index contributed by atoms with van der Waals surface area (Å²) in [4.78, 5) is 11.2. The Kier molecular flexibility index (Phi) is 14.6. The normalized spacial score (nSPS) is 21.0. The van der Waals surface area contributed by atoms with Crippen LogP contribution < -0.4 is 10.6 Å². The number of hydrogen-bond acceptors (Lipinski definition) is 2. The summed E-state index contributed by atoms with van der Waals surface area (Å²) in [5, 5.41) is 6.50. The van der Waals surface area contributed by atoms with Gasteiger partial charge in [-0.15, -0.1) is 0 Å². The third-order valence-electron chi connectivity index (χ3n) is 6.26. The highest BCUT2D eigenvalue weighted by molar-refractivity contribution is 5.72. The van der Waals surface area contributed by atoms with Crippen LogP contribution in [-0.2, 0) is 4.79 Å². The maximum atomic E-state index is 11.2. The molecule has 0 saturated heterocycles. The molecule has 1 amide bonds. The summed E-state index contributed by atoms with van der Waals surface area (Å²) in [7, 11) is 0. The lowest BCUT2D eigenvalue weighted by Gasteiger charge is -2.37. The molecule has 0 fully saturated rings. The van der Waals surface area contributed by atoms with E-state index in [0.29, 0.717) is 6.17 Å². The average molecular weight is 407 g/mol. The second-order valence-corrected chi connectivity index (χ2v) is 8.64. The molecule has 2 N–H and O–H groups in total. The summed E-state index contributed by atoms with van der Waals surface area (Å²) in [6.07, 6.45) is 26.9. The molecule has 0 aliphatic carbocycles. The lowest BCUT2D eigenvalue weighted by molar-refractivity contribution is -0.898. The Morgan fingerprint density at radius 2 is 1.59 bits per heavy atom. The molecule has 1 heterocycles. The van der Waals surface area contributed by atoms with Gasteiger partial charge in [-0.2, -0.15) is 0 Å². The molecule has 29 heavy (non-hydrogen) atoms. The summed E-state index contributed by atoms with van der Waals surface area (Å²) >= 11 is 0. The number of nitrogens with zero attached hydrogens (tertiary/aromatic N) is 1. The van der Waals surface area contributed by atoms with Crippen molar-refractivity contribution in [1.29, 1.82) is 0 Å². The second kappa shape index (κ2) is 16.5. The van der Waals surface area contributed by atoms with Gasteiger partial charge in [-0.3, -0.25) is 9.28 Å². The molecule has 0 aromatic heterocycles. The molecule has 4 heteroatoms. The zero-order valence-electron chi connectivity index (χ0n) is 19.6. The molecular formula is C25H48N3O+. The molecule has 2 atom stereocenters. The number of rotatable bonds is 18. The van der Waals surface area contributed by atoms with Crippen LogP contribution >= 0.6 is 0 Å². The van der Waals surface area contributed by atoms with Crippen molar-refractivity contribution < 1.29 is 9.28 Å². The van der Waals surface area contributed by atoms with Gasteiger partial charge in [0.25, 0.3) is 0 Å². The minimum Gasteiger partial charge on any atom is -0.351 e. The maximum Gasteiger partial charge on any atom is 0.217 e. The highest BCUT2D eigenvalue weighted by atomic mass is 16.1. The Balaban J connectivity index is 2.04. The zero-order valence-corrected chi connectivity index (χ0v) is 19.6. The van der Waals surface area contributed by atoms with E-state index in [9.17, 15) is 4.79 Å². The molecule has 0 spiro atoms. The van der Waals surface area contributed by atoms with Gasteiger partial charge < -0.3 is 10.6 Å². The third kappa shape index (κ3) is 11.5. The molecule has 0 bridgehead atoms. The topological polar surface area (TPSA) is 41.1 Å². The van der Waals surface area contributed by atoms with Crippen molar-refractivity contribution in [3.05, 3.63) is 24.6 Å². The van der Waals surface area contributed by atoms with Gasteiger partial charge in [-0.1, -0.05) is 64.0 Å². The number of hydrogen-bond donors (Lipinski definition) is 2. The SMILES string of the molecule is CCCCCCCC/C=C/CCCCCCC1NC=C[N+]1(CC)CCNC(C)=O. The Labute approximate surface area is 180 Å². The van der Waals surface area contributed by atoms with E-state index < -0.39 is 0 Å². The van der Waals surface area contributed by atoms with E-state index in [1.807, 2.05) is 0 Å². The predicted molar refractivity (Wildman–Crippen MR) is 125 cm³/mol. The van der Waals surface area contributed by atoms with E-state index in [1.165, 1.54) is 83.5 Å². The molecule has 0 aromatic rings. The number of nitrogens with one attached hydrogen (secondary N) is 2. The van der Waals surface area contributed by atoms with Crippen molar-refractivity contribution in [1.82, 2.24) is 10.6 Å². The molecule has 4 nitrogen and oxygen atoms in total. The van der Waals surface area contributed by atoms with Crippen LogP contribution in [-0.4, -0.2) is 36.2 Å². The number of quaternary nitrogens is 1. The van der Waals surface area contributed by atoms with Gasteiger partial charge in [0.05, 0.1) is 19.3 Å². The van der Waals surface area contributed by atoms with Gasteiger partial charge in [-0.25, -0.2) is 0 Å². The molecule has 2 unspecified atom stereocenters. The standard InChI is InChI=1S/C25H47N3O/c1-4-6-7-8-9-10-11-12-13-14-15-16-17-18-19-25-27-21-23-28(25,5-2)22-20-26-24(3)29/h12-13,21,23,25,27H,4-11,14-20,22H2,1-3H3/p+1/b13-12+. The highest BCUT2D eigenvalue weighted by Crippen LogP contribution is 2.22. The van der Waals surface area contributed by atoms with Crippen LogP contribution in [0.3, 0.4) is 0 Å². The Morgan fingerprint density at radius 3 is 2.21 bits per heavy atom. The molecule has 0 aromatic carbocycles. The lowest BCUT2D eigenvalue weighted by atomic mass is 10.1. The van der Waals surface area contributed by atoms with Crippen LogP contribution in [0.15, 0.2) is 24.6 Å². The first-order chi connectivity index (χ1) is 14.1. The van der Waals surface area contributed by atoms with Crippen molar-refractivity contribution in [2.75, 3.05) is 19.6 Å². The molecule has 1 aliphatic rings. The van der Waals surface area contributed by atoms with Crippen LogP contribution in [0.4, 0.5) is 0 Å². The molecule has 168 valence electrons. The highest BCUT2D eigenvalue weighted by Gasteiger charge is 2.36. The fraction of sp³-hybridized carbons (Fsp3) is 0.800. The van der Waals surface area contributed by atoms with E-state index in [4.69, 9.17) is 0 Å². The molecular weight excluding hydrogens is 358 g/mol. The summed E-state index contributed by atoms with van der Waals surface area (Å²) in [6, 6.07) is 0. The number of carbonyl (C=O) groups excluding carboxylic acids is 1. The van der Waals surface area contributed by atoms with Crippen molar-refractivity contribution >= 4 is 5.91 Å². The summed E-state index contributed by atoms with van der Waals surface area (Å²) in [6.45, 7) is 8.90. The first kappa shape index (κ1) is 25.7. The first-order valence-electron chi connectivity index (χ1n) is 12.3. The third-order valence-corrected chi connectivity index (χ3v) is 6.26. The van der Waals surface area contributed by atoms with Crippen molar-refractivity contribution in [3.8, 4) is 0 Å². The Morgan fingerprint density at radius 1 is 0.966 bits per heavy atom. The van der Waals surface area contributed by atoms with E-state index in [0.717, 1.165) is 24.1 Å². The average Bonchev–Trinajstić information content (AvgIpc) is 3.11. The molecule has 1 aliphatic heterocycles. The quantitative estimate of drug-likeness (QED) is 0.166. The monoisotopic (exact) mass is 406 g/mol. The zero-order chi connectivity index (χ0) is 21.2. The summed E-state index contributed by atoms with van der Waals surface area (Å²) in [5.74, 6) is 0.0629. The van der Waals surface area contributed by atoms with Gasteiger partial charge in [0, 0.05) is 13.3 Å². The first-order valence-corrected chi connectivity index (χ1v) is 12.3. The van der Waals surface area contributed by atoms with Crippen molar-refractivity contribution in [2.45, 2.75) is 110 Å². The van der Waals surface area contributed by atoms with E-state index >= 15 is 0 Å². The van der Waals surface area contributed by atoms with Crippen LogP contribution in [0.1, 0.15) is 104 Å².